The molecule has 2 rings (SSSR count). The van der Waals surface area contributed by atoms with E-state index in [2.05, 4.69) is 5.32 Å². The van der Waals surface area contributed by atoms with Crippen LogP contribution in [0.3, 0.4) is 0 Å². The van der Waals surface area contributed by atoms with Gasteiger partial charge in [-0.2, -0.15) is 0 Å². The molecule has 0 radical (unpaired) electrons. The first-order valence-electron chi connectivity index (χ1n) is 7.65. The van der Waals surface area contributed by atoms with Crippen LogP contribution in [0.1, 0.15) is 42.5 Å². The summed E-state index contributed by atoms with van der Waals surface area (Å²) in [6, 6.07) is 13.6. The van der Waals surface area contributed by atoms with Gasteiger partial charge in [0.05, 0.1) is 0 Å². The highest BCUT2D eigenvalue weighted by Gasteiger charge is 2.05. The number of unbranched alkanes of at least 4 members (excludes halogenated alkanes) is 3. The smallest absolute Gasteiger partial charge is 0.303 e. The highest BCUT2D eigenvalue weighted by molar-refractivity contribution is 5.98. The van der Waals surface area contributed by atoms with Crippen molar-refractivity contribution in [3.8, 4) is 0 Å². The van der Waals surface area contributed by atoms with Crippen LogP contribution < -0.4 is 5.32 Å². The molecular weight excluding hydrogens is 278 g/mol. The Hall–Kier alpha value is -2.36. The van der Waals surface area contributed by atoms with Gasteiger partial charge in [-0.15, -0.1) is 0 Å². The summed E-state index contributed by atoms with van der Waals surface area (Å²) >= 11 is 0. The van der Waals surface area contributed by atoms with E-state index in [9.17, 15) is 9.59 Å². The Balaban J connectivity index is 1.73. The van der Waals surface area contributed by atoms with E-state index in [1.54, 1.807) is 0 Å². The van der Waals surface area contributed by atoms with Crippen molar-refractivity contribution in [2.24, 2.45) is 0 Å². The second kappa shape index (κ2) is 8.17. The number of rotatable bonds is 8. The minimum atomic E-state index is -0.746. The molecular formula is C18H21NO3. The summed E-state index contributed by atoms with van der Waals surface area (Å²) in [7, 11) is 0. The number of nitrogens with one attached hydrogen (secondary N) is 1. The fourth-order valence-corrected chi connectivity index (χ4v) is 2.39. The number of carboxylic acids is 1. The number of hydrogen-bond acceptors (Lipinski definition) is 2. The molecule has 0 atom stereocenters. The van der Waals surface area contributed by atoms with Gasteiger partial charge in [0.25, 0.3) is 5.91 Å². The lowest BCUT2D eigenvalue weighted by atomic mass is 10.1. The average Bonchev–Trinajstić information content (AvgIpc) is 2.53. The maximum atomic E-state index is 12.1. The van der Waals surface area contributed by atoms with Gasteiger partial charge in [-0.05, 0) is 35.7 Å². The molecule has 4 heteroatoms. The molecule has 0 saturated carbocycles. The van der Waals surface area contributed by atoms with E-state index in [0.717, 1.165) is 30.0 Å². The molecule has 22 heavy (non-hydrogen) atoms. The molecule has 2 aromatic carbocycles. The first-order chi connectivity index (χ1) is 10.7. The lowest BCUT2D eigenvalue weighted by molar-refractivity contribution is -0.137. The van der Waals surface area contributed by atoms with Crippen molar-refractivity contribution in [3.63, 3.8) is 0 Å². The van der Waals surface area contributed by atoms with Crippen LogP contribution in [-0.4, -0.2) is 23.5 Å². The molecule has 116 valence electrons. The molecule has 0 aromatic heterocycles. The van der Waals surface area contributed by atoms with E-state index in [1.807, 2.05) is 42.5 Å². The van der Waals surface area contributed by atoms with Crippen LogP contribution in [0, 0.1) is 0 Å². The maximum Gasteiger partial charge on any atom is 0.303 e. The third kappa shape index (κ3) is 4.88. The molecule has 2 N–H and O–H groups in total. The SMILES string of the molecule is O=C(O)CCCCCCNC(=O)c1ccc2ccccc2c1. The summed E-state index contributed by atoms with van der Waals surface area (Å²) in [4.78, 5) is 22.4. The number of benzene rings is 2. The molecule has 0 fully saturated rings. The summed E-state index contributed by atoms with van der Waals surface area (Å²) in [6.07, 6.45) is 3.62. The van der Waals surface area contributed by atoms with Crippen LogP contribution in [-0.2, 0) is 4.79 Å². The molecule has 0 spiro atoms. The molecule has 0 aliphatic rings. The molecule has 4 nitrogen and oxygen atoms in total. The number of fused-ring (bicyclic) bond motifs is 1. The van der Waals surface area contributed by atoms with Crippen molar-refractivity contribution >= 4 is 22.6 Å². The fraction of sp³-hybridized carbons (Fsp3) is 0.333. The summed E-state index contributed by atoms with van der Waals surface area (Å²) < 4.78 is 0. The lowest BCUT2D eigenvalue weighted by Crippen LogP contribution is -2.24. The second-order valence-corrected chi connectivity index (χ2v) is 5.38. The van der Waals surface area contributed by atoms with E-state index in [4.69, 9.17) is 5.11 Å². The van der Waals surface area contributed by atoms with Crippen molar-refractivity contribution in [2.45, 2.75) is 32.1 Å². The number of carboxylic acid groups (broad SMARTS) is 1. The third-order valence-corrected chi connectivity index (χ3v) is 3.61. The quantitative estimate of drug-likeness (QED) is 0.732. The number of aliphatic carboxylic acids is 1. The molecule has 0 bridgehead atoms. The summed E-state index contributed by atoms with van der Waals surface area (Å²) in [5, 5.41) is 13.6. The first-order valence-corrected chi connectivity index (χ1v) is 7.65. The zero-order valence-corrected chi connectivity index (χ0v) is 12.5. The van der Waals surface area contributed by atoms with Crippen molar-refractivity contribution in [1.82, 2.24) is 5.32 Å². The van der Waals surface area contributed by atoms with E-state index in [-0.39, 0.29) is 12.3 Å². The summed E-state index contributed by atoms with van der Waals surface area (Å²) in [5.74, 6) is -0.805. The average molecular weight is 299 g/mol. The van der Waals surface area contributed by atoms with Crippen LogP contribution in [0.15, 0.2) is 42.5 Å². The largest absolute Gasteiger partial charge is 0.481 e. The van der Waals surface area contributed by atoms with Crippen LogP contribution >= 0.6 is 0 Å². The van der Waals surface area contributed by atoms with Crippen molar-refractivity contribution in [2.75, 3.05) is 6.54 Å². The number of hydrogen-bond donors (Lipinski definition) is 2. The number of amides is 1. The second-order valence-electron chi connectivity index (χ2n) is 5.38. The molecule has 1 amide bonds. The zero-order valence-electron chi connectivity index (χ0n) is 12.5. The minimum absolute atomic E-state index is 0.0590. The predicted octanol–water partition coefficient (Wildman–Crippen LogP) is 3.60. The minimum Gasteiger partial charge on any atom is -0.481 e. The topological polar surface area (TPSA) is 66.4 Å². The molecule has 0 saturated heterocycles. The highest BCUT2D eigenvalue weighted by Crippen LogP contribution is 2.15. The van der Waals surface area contributed by atoms with Crippen LogP contribution in [0.4, 0.5) is 0 Å². The van der Waals surface area contributed by atoms with Crippen LogP contribution in [0.5, 0.6) is 0 Å². The Kier molecular flexibility index (Phi) is 5.95. The Morgan fingerprint density at radius 1 is 0.909 bits per heavy atom. The van der Waals surface area contributed by atoms with Gasteiger partial charge in [0.1, 0.15) is 0 Å². The van der Waals surface area contributed by atoms with E-state index in [0.29, 0.717) is 18.5 Å². The Morgan fingerprint density at radius 3 is 2.41 bits per heavy atom. The summed E-state index contributed by atoms with van der Waals surface area (Å²) in [5.41, 5.74) is 0.671. The first kappa shape index (κ1) is 16.0. The zero-order chi connectivity index (χ0) is 15.8. The number of carbonyl (C=O) groups is 2. The summed E-state index contributed by atoms with van der Waals surface area (Å²) in [6.45, 7) is 0.624. The molecule has 0 aliphatic heterocycles. The van der Waals surface area contributed by atoms with E-state index < -0.39 is 5.97 Å². The van der Waals surface area contributed by atoms with Gasteiger partial charge in [0, 0.05) is 18.5 Å². The monoisotopic (exact) mass is 299 g/mol. The van der Waals surface area contributed by atoms with E-state index in [1.165, 1.54) is 0 Å². The molecule has 0 heterocycles. The predicted molar refractivity (Wildman–Crippen MR) is 87.0 cm³/mol. The molecule has 0 aliphatic carbocycles. The van der Waals surface area contributed by atoms with Crippen molar-refractivity contribution in [3.05, 3.63) is 48.0 Å². The molecule has 2 aromatic rings. The lowest BCUT2D eigenvalue weighted by Gasteiger charge is -2.06. The van der Waals surface area contributed by atoms with Gasteiger partial charge in [-0.3, -0.25) is 9.59 Å². The van der Waals surface area contributed by atoms with Gasteiger partial charge < -0.3 is 10.4 Å². The van der Waals surface area contributed by atoms with Crippen molar-refractivity contribution in [1.29, 1.82) is 0 Å². The normalized spacial score (nSPS) is 10.5. The van der Waals surface area contributed by atoms with Gasteiger partial charge in [-0.25, -0.2) is 0 Å². The Labute approximate surface area is 130 Å². The maximum absolute atomic E-state index is 12.1. The third-order valence-electron chi connectivity index (χ3n) is 3.61. The van der Waals surface area contributed by atoms with Crippen molar-refractivity contribution < 1.29 is 14.7 Å². The molecule has 0 unspecified atom stereocenters. The van der Waals surface area contributed by atoms with Gasteiger partial charge in [0.2, 0.25) is 0 Å². The fourth-order valence-electron chi connectivity index (χ4n) is 2.39. The van der Waals surface area contributed by atoms with Gasteiger partial charge in [0.15, 0.2) is 0 Å². The standard InChI is InChI=1S/C18H21NO3/c20-17(21)9-3-1-2-6-12-19-18(22)16-11-10-14-7-4-5-8-15(14)13-16/h4-5,7-8,10-11,13H,1-3,6,9,12H2,(H,19,22)(H,20,21). The Morgan fingerprint density at radius 2 is 1.64 bits per heavy atom. The van der Waals surface area contributed by atoms with Crippen LogP contribution in [0.25, 0.3) is 10.8 Å². The highest BCUT2D eigenvalue weighted by atomic mass is 16.4. The number of carbonyl (C=O) groups excluding carboxylic acids is 1. The van der Waals surface area contributed by atoms with E-state index >= 15 is 0 Å². The van der Waals surface area contributed by atoms with Gasteiger partial charge in [-0.1, -0.05) is 43.2 Å². The van der Waals surface area contributed by atoms with Crippen LogP contribution in [0.2, 0.25) is 0 Å². The van der Waals surface area contributed by atoms with Gasteiger partial charge >= 0.3 is 5.97 Å². The Bertz CT molecular complexity index is 652.